The number of esters is 1. The van der Waals surface area contributed by atoms with Crippen molar-refractivity contribution in [3.63, 3.8) is 0 Å². The monoisotopic (exact) mass is 433 g/mol. The van der Waals surface area contributed by atoms with Gasteiger partial charge >= 0.3 is 11.9 Å². The van der Waals surface area contributed by atoms with Crippen LogP contribution in [0.4, 0.5) is 5.69 Å². The van der Waals surface area contributed by atoms with Gasteiger partial charge in [-0.3, -0.25) is 14.5 Å². The van der Waals surface area contributed by atoms with Crippen molar-refractivity contribution in [3.05, 3.63) is 39.1 Å². The van der Waals surface area contributed by atoms with Crippen molar-refractivity contribution in [1.82, 2.24) is 9.47 Å². The molecule has 1 saturated carbocycles. The van der Waals surface area contributed by atoms with E-state index in [0.717, 1.165) is 50.2 Å². The predicted octanol–water partition coefficient (Wildman–Crippen LogP) is 2.37. The Morgan fingerprint density at radius 3 is 2.50 bits per heavy atom. The van der Waals surface area contributed by atoms with Crippen LogP contribution < -0.4 is 10.3 Å². The van der Waals surface area contributed by atoms with Gasteiger partial charge in [0.25, 0.3) is 0 Å². The number of hydrogen-bond acceptors (Lipinski definition) is 6. The Labute approximate surface area is 178 Å². The molecule has 2 heterocycles. The molecule has 0 atom stereocenters. The fourth-order valence-electron chi connectivity index (χ4n) is 3.97. The molecule has 0 radical (unpaired) electrons. The molecule has 0 bridgehead atoms. The van der Waals surface area contributed by atoms with Gasteiger partial charge in [0.1, 0.15) is 5.56 Å². The van der Waals surface area contributed by atoms with E-state index in [0.29, 0.717) is 23.4 Å². The van der Waals surface area contributed by atoms with E-state index in [-0.39, 0.29) is 17.6 Å². The number of hydrogen-bond donors (Lipinski definition) is 1. The summed E-state index contributed by atoms with van der Waals surface area (Å²) in [4.78, 5) is 39.9. The number of aromatic nitrogens is 1. The molecule has 1 saturated heterocycles. The van der Waals surface area contributed by atoms with Crippen LogP contribution in [0.3, 0.4) is 0 Å². The second kappa shape index (κ2) is 8.28. The molecule has 2 fully saturated rings. The fourth-order valence-corrected chi connectivity index (χ4v) is 4.26. The Kier molecular flexibility index (Phi) is 5.71. The largest absolute Gasteiger partial charge is 0.477 e. The van der Waals surface area contributed by atoms with E-state index in [9.17, 15) is 19.5 Å². The van der Waals surface area contributed by atoms with Gasteiger partial charge in [-0.25, -0.2) is 4.79 Å². The van der Waals surface area contributed by atoms with Crippen LogP contribution in [0.2, 0.25) is 5.02 Å². The average Bonchev–Trinajstić information content (AvgIpc) is 3.57. The third kappa shape index (κ3) is 4.02. The third-order valence-electron chi connectivity index (χ3n) is 5.84. The lowest BCUT2D eigenvalue weighted by Gasteiger charge is -2.36. The molecular weight excluding hydrogens is 410 g/mol. The molecule has 8 nitrogen and oxygen atoms in total. The molecule has 1 aromatic heterocycles. The molecule has 0 amide bonds. The lowest BCUT2D eigenvalue weighted by molar-refractivity contribution is -0.141. The number of aromatic carboxylic acids is 1. The predicted molar refractivity (Wildman–Crippen MR) is 114 cm³/mol. The Balaban J connectivity index is 1.62. The minimum atomic E-state index is -1.22. The molecule has 1 aliphatic heterocycles. The molecule has 160 valence electrons. The Hall–Kier alpha value is -2.58. The number of carbonyl (C=O) groups is 2. The number of benzene rings is 1. The highest BCUT2D eigenvalue weighted by atomic mass is 35.5. The molecule has 0 spiro atoms. The van der Waals surface area contributed by atoms with Gasteiger partial charge in [0.05, 0.1) is 29.8 Å². The summed E-state index contributed by atoms with van der Waals surface area (Å²) < 4.78 is 6.61. The zero-order chi connectivity index (χ0) is 21.4. The number of ether oxygens (including phenoxy) is 1. The van der Waals surface area contributed by atoms with Gasteiger partial charge in [-0.05, 0) is 25.0 Å². The van der Waals surface area contributed by atoms with Crippen molar-refractivity contribution in [2.24, 2.45) is 0 Å². The van der Waals surface area contributed by atoms with Crippen LogP contribution in [-0.4, -0.2) is 66.3 Å². The van der Waals surface area contributed by atoms with Gasteiger partial charge in [0, 0.05) is 50.3 Å². The summed E-state index contributed by atoms with van der Waals surface area (Å²) in [6.07, 6.45) is 3.77. The summed E-state index contributed by atoms with van der Waals surface area (Å²) in [5.74, 6) is -1.44. The van der Waals surface area contributed by atoms with Crippen LogP contribution in [0.1, 0.15) is 35.7 Å². The number of anilines is 1. The number of pyridine rings is 1. The number of fused-ring (bicyclic) bond motifs is 1. The molecular formula is C21H24ClN3O5. The molecule has 1 aromatic carbocycles. The highest BCUT2D eigenvalue weighted by Crippen LogP contribution is 2.39. The zero-order valence-electron chi connectivity index (χ0n) is 16.8. The number of carboxylic acids is 1. The van der Waals surface area contributed by atoms with Crippen LogP contribution in [0.5, 0.6) is 0 Å². The average molecular weight is 434 g/mol. The molecule has 1 aliphatic carbocycles. The summed E-state index contributed by atoms with van der Waals surface area (Å²) in [6.45, 7) is 3.73. The Bertz CT molecular complexity index is 1050. The first-order valence-electron chi connectivity index (χ1n) is 10.0. The molecule has 30 heavy (non-hydrogen) atoms. The highest BCUT2D eigenvalue weighted by Gasteiger charge is 2.28. The van der Waals surface area contributed by atoms with Crippen molar-refractivity contribution >= 4 is 40.1 Å². The van der Waals surface area contributed by atoms with Crippen LogP contribution in [0.25, 0.3) is 10.9 Å². The van der Waals surface area contributed by atoms with Crippen molar-refractivity contribution in [1.29, 1.82) is 0 Å². The van der Waals surface area contributed by atoms with Gasteiger partial charge in [0.15, 0.2) is 0 Å². The number of carboxylic acid groups (broad SMARTS) is 1. The van der Waals surface area contributed by atoms with Crippen molar-refractivity contribution in [3.8, 4) is 0 Å². The van der Waals surface area contributed by atoms with Gasteiger partial charge < -0.3 is 19.3 Å². The van der Waals surface area contributed by atoms with E-state index in [1.165, 1.54) is 13.3 Å². The van der Waals surface area contributed by atoms with Crippen LogP contribution >= 0.6 is 11.6 Å². The second-order valence-corrected chi connectivity index (χ2v) is 8.20. The number of rotatable bonds is 6. The summed E-state index contributed by atoms with van der Waals surface area (Å²) in [6, 6.07) is 3.73. The summed E-state index contributed by atoms with van der Waals surface area (Å²) in [5, 5.41) is 10.2. The standard InChI is InChI=1S/C21H24ClN3O5/c1-30-19(26)4-5-23-6-8-24(9-7-23)18-11-17-14(10-16(18)22)20(27)15(21(28)29)12-25(17)13-2-3-13/h10-13H,2-9H2,1H3,(H,28,29). The SMILES string of the molecule is COC(=O)CCN1CCN(c2cc3c(cc2Cl)c(=O)c(C(=O)O)cn3C2CC2)CC1. The molecule has 0 unspecified atom stereocenters. The molecule has 4 rings (SSSR count). The van der Waals surface area contributed by atoms with Gasteiger partial charge in [0.2, 0.25) is 5.43 Å². The highest BCUT2D eigenvalue weighted by molar-refractivity contribution is 6.34. The normalized spacial score (nSPS) is 17.3. The van der Waals surface area contributed by atoms with Gasteiger partial charge in [-0.1, -0.05) is 11.6 Å². The number of methoxy groups -OCH3 is 1. The van der Waals surface area contributed by atoms with Crippen LogP contribution in [0, 0.1) is 0 Å². The molecule has 1 N–H and O–H groups in total. The lowest BCUT2D eigenvalue weighted by atomic mass is 10.1. The number of nitrogens with zero attached hydrogens (tertiary/aromatic N) is 3. The fraction of sp³-hybridized carbons (Fsp3) is 0.476. The van der Waals surface area contributed by atoms with E-state index in [1.807, 2.05) is 10.6 Å². The zero-order valence-corrected chi connectivity index (χ0v) is 17.5. The van der Waals surface area contributed by atoms with Crippen molar-refractivity contribution in [2.75, 3.05) is 44.7 Å². The lowest BCUT2D eigenvalue weighted by Crippen LogP contribution is -2.47. The molecule has 2 aliphatic rings. The topological polar surface area (TPSA) is 92.1 Å². The second-order valence-electron chi connectivity index (χ2n) is 7.79. The first-order valence-corrected chi connectivity index (χ1v) is 10.4. The number of halogens is 1. The van der Waals surface area contributed by atoms with Crippen LogP contribution in [-0.2, 0) is 9.53 Å². The van der Waals surface area contributed by atoms with Gasteiger partial charge in [-0.15, -0.1) is 0 Å². The first kappa shape index (κ1) is 20.7. The van der Waals surface area contributed by atoms with Crippen molar-refractivity contribution in [2.45, 2.75) is 25.3 Å². The maximum atomic E-state index is 12.7. The number of carbonyl (C=O) groups excluding carboxylic acids is 1. The quantitative estimate of drug-likeness (QED) is 0.699. The van der Waals surface area contributed by atoms with E-state index in [2.05, 4.69) is 9.80 Å². The third-order valence-corrected chi connectivity index (χ3v) is 6.15. The van der Waals surface area contributed by atoms with E-state index in [1.54, 1.807) is 6.07 Å². The maximum Gasteiger partial charge on any atom is 0.341 e. The Morgan fingerprint density at radius 2 is 1.90 bits per heavy atom. The minimum Gasteiger partial charge on any atom is -0.477 e. The first-order chi connectivity index (χ1) is 14.4. The van der Waals surface area contributed by atoms with E-state index < -0.39 is 11.4 Å². The van der Waals surface area contributed by atoms with Crippen molar-refractivity contribution < 1.29 is 19.4 Å². The van der Waals surface area contributed by atoms with Gasteiger partial charge in [-0.2, -0.15) is 0 Å². The summed E-state index contributed by atoms with van der Waals surface area (Å²) in [5.41, 5.74) is 0.835. The van der Waals surface area contributed by atoms with E-state index in [4.69, 9.17) is 16.3 Å². The maximum absolute atomic E-state index is 12.7. The minimum absolute atomic E-state index is 0.214. The number of piperazine rings is 1. The Morgan fingerprint density at radius 1 is 1.20 bits per heavy atom. The van der Waals surface area contributed by atoms with E-state index >= 15 is 0 Å². The molecule has 9 heteroatoms. The summed E-state index contributed by atoms with van der Waals surface area (Å²) in [7, 11) is 1.39. The molecule has 2 aromatic rings. The van der Waals surface area contributed by atoms with Crippen LogP contribution in [0.15, 0.2) is 23.1 Å². The smallest absolute Gasteiger partial charge is 0.341 e. The summed E-state index contributed by atoms with van der Waals surface area (Å²) >= 11 is 6.53.